The van der Waals surface area contributed by atoms with E-state index in [2.05, 4.69) is 26.3 Å². The zero-order valence-corrected chi connectivity index (χ0v) is 24.1. The minimum absolute atomic E-state index is 0.130. The first-order valence-electron chi connectivity index (χ1n) is 14.7. The van der Waals surface area contributed by atoms with Crippen LogP contribution in [0.4, 0.5) is 0 Å². The number of hydrogen-bond donors (Lipinski definition) is 5. The van der Waals surface area contributed by atoms with Crippen LogP contribution < -0.4 is 21.3 Å². The van der Waals surface area contributed by atoms with E-state index in [0.717, 1.165) is 16.5 Å². The van der Waals surface area contributed by atoms with E-state index in [-0.39, 0.29) is 30.1 Å². The third kappa shape index (κ3) is 7.25. The quantitative estimate of drug-likeness (QED) is 0.292. The van der Waals surface area contributed by atoms with Gasteiger partial charge in [0, 0.05) is 43.5 Å². The highest BCUT2D eigenvalue weighted by Crippen LogP contribution is 2.23. The Hall–Kier alpha value is -3.89. The molecule has 11 nitrogen and oxygen atoms in total. The van der Waals surface area contributed by atoms with Gasteiger partial charge >= 0.3 is 0 Å². The Bertz CT molecular complexity index is 1280. The highest BCUT2D eigenvalue weighted by Gasteiger charge is 2.41. The van der Waals surface area contributed by atoms with Crippen molar-refractivity contribution in [1.29, 1.82) is 0 Å². The number of fused-ring (bicyclic) bond motifs is 2. The van der Waals surface area contributed by atoms with Crippen LogP contribution in [0, 0.1) is 5.92 Å². The van der Waals surface area contributed by atoms with E-state index in [4.69, 9.17) is 0 Å². The van der Waals surface area contributed by atoms with Crippen LogP contribution in [0.3, 0.4) is 0 Å². The number of amides is 5. The number of para-hydroxylation sites is 1. The molecular formula is C30H42N6O5. The van der Waals surface area contributed by atoms with Gasteiger partial charge in [0.1, 0.15) is 24.2 Å². The molecule has 2 saturated heterocycles. The van der Waals surface area contributed by atoms with Crippen LogP contribution in [0.2, 0.25) is 0 Å². The number of unbranched alkanes of at least 4 members (excludes halogenated alkanes) is 1. The van der Waals surface area contributed by atoms with Crippen molar-refractivity contribution in [3.8, 4) is 0 Å². The fraction of sp³-hybridized carbons (Fsp3) is 0.567. The second kappa shape index (κ2) is 13.6. The SMILES string of the molecule is CCC(C)[C@@H]1NC(=O)[C@H](Cc2c[nH]c3ccccc23)NC(=O)[C@H](CCCCNC(C)=O)NC(=O)[C@H]2CCCN2C1=O. The van der Waals surface area contributed by atoms with Gasteiger partial charge in [0.05, 0.1) is 0 Å². The maximum absolute atomic E-state index is 13.8. The van der Waals surface area contributed by atoms with E-state index in [9.17, 15) is 24.0 Å². The number of aromatic nitrogens is 1. The second-order valence-corrected chi connectivity index (χ2v) is 11.2. The Morgan fingerprint density at radius 1 is 1.02 bits per heavy atom. The number of rotatable bonds is 9. The van der Waals surface area contributed by atoms with Crippen LogP contribution in [0.25, 0.3) is 10.9 Å². The third-order valence-electron chi connectivity index (χ3n) is 8.27. The van der Waals surface area contributed by atoms with Gasteiger partial charge < -0.3 is 31.2 Å². The highest BCUT2D eigenvalue weighted by molar-refractivity contribution is 5.98. The van der Waals surface area contributed by atoms with Crippen molar-refractivity contribution in [1.82, 2.24) is 31.2 Å². The maximum Gasteiger partial charge on any atom is 0.246 e. The lowest BCUT2D eigenvalue weighted by Crippen LogP contribution is -2.62. The predicted molar refractivity (Wildman–Crippen MR) is 155 cm³/mol. The summed E-state index contributed by atoms with van der Waals surface area (Å²) in [5, 5.41) is 12.4. The van der Waals surface area contributed by atoms with Crippen molar-refractivity contribution < 1.29 is 24.0 Å². The summed E-state index contributed by atoms with van der Waals surface area (Å²) >= 11 is 0. The number of aromatic amines is 1. The first kappa shape index (κ1) is 30.1. The summed E-state index contributed by atoms with van der Waals surface area (Å²) < 4.78 is 0. The minimum atomic E-state index is -0.964. The summed E-state index contributed by atoms with van der Waals surface area (Å²) in [4.78, 5) is 70.7. The molecular weight excluding hydrogens is 524 g/mol. The van der Waals surface area contributed by atoms with Gasteiger partial charge in [-0.3, -0.25) is 24.0 Å². The summed E-state index contributed by atoms with van der Waals surface area (Å²) in [6, 6.07) is 4.36. The molecule has 2 aliphatic rings. The molecule has 0 bridgehead atoms. The van der Waals surface area contributed by atoms with Crippen LogP contribution in [0.15, 0.2) is 30.5 Å². The van der Waals surface area contributed by atoms with Crippen LogP contribution >= 0.6 is 0 Å². The first-order chi connectivity index (χ1) is 19.7. The van der Waals surface area contributed by atoms with E-state index in [1.807, 2.05) is 44.3 Å². The molecule has 222 valence electrons. The highest BCUT2D eigenvalue weighted by atomic mass is 16.2. The number of nitrogens with one attached hydrogen (secondary N) is 5. The van der Waals surface area contributed by atoms with Crippen molar-refractivity contribution in [3.63, 3.8) is 0 Å². The van der Waals surface area contributed by atoms with E-state index in [1.165, 1.54) is 6.92 Å². The number of H-pyrrole nitrogens is 1. The predicted octanol–water partition coefficient (Wildman–Crippen LogP) is 1.52. The molecule has 2 aromatic rings. The van der Waals surface area contributed by atoms with E-state index in [0.29, 0.717) is 51.6 Å². The Kier molecular flexibility index (Phi) is 10.0. The number of benzene rings is 1. The molecule has 2 aliphatic heterocycles. The van der Waals surface area contributed by atoms with Gasteiger partial charge in [0.25, 0.3) is 0 Å². The number of carbonyl (C=O) groups is 5. The van der Waals surface area contributed by atoms with Gasteiger partial charge in [-0.1, -0.05) is 38.5 Å². The summed E-state index contributed by atoms with van der Waals surface area (Å²) in [5.41, 5.74) is 1.77. The van der Waals surface area contributed by atoms with E-state index < -0.39 is 36.0 Å². The lowest BCUT2D eigenvalue weighted by atomic mass is 9.95. The Balaban J connectivity index is 1.63. The van der Waals surface area contributed by atoms with Crippen LogP contribution in [0.5, 0.6) is 0 Å². The Labute approximate surface area is 240 Å². The number of carbonyl (C=O) groups excluding carboxylic acids is 5. The molecule has 0 spiro atoms. The molecule has 1 unspecified atom stereocenters. The molecule has 2 fully saturated rings. The minimum Gasteiger partial charge on any atom is -0.361 e. The fourth-order valence-electron chi connectivity index (χ4n) is 5.70. The topological polar surface area (TPSA) is 152 Å². The van der Waals surface area contributed by atoms with Gasteiger partial charge in [-0.2, -0.15) is 0 Å². The molecule has 1 aromatic heterocycles. The van der Waals surface area contributed by atoms with E-state index in [1.54, 1.807) is 4.90 Å². The molecule has 41 heavy (non-hydrogen) atoms. The van der Waals surface area contributed by atoms with Crippen molar-refractivity contribution in [2.45, 2.75) is 89.9 Å². The average molecular weight is 567 g/mol. The van der Waals surface area contributed by atoms with Gasteiger partial charge in [-0.15, -0.1) is 0 Å². The molecule has 5 amide bonds. The lowest BCUT2D eigenvalue weighted by molar-refractivity contribution is -0.144. The monoisotopic (exact) mass is 566 g/mol. The van der Waals surface area contributed by atoms with Gasteiger partial charge in [0.15, 0.2) is 0 Å². The van der Waals surface area contributed by atoms with Gasteiger partial charge in [-0.25, -0.2) is 0 Å². The Morgan fingerprint density at radius 3 is 2.51 bits per heavy atom. The van der Waals surface area contributed by atoms with Gasteiger partial charge in [0.2, 0.25) is 29.5 Å². The zero-order chi connectivity index (χ0) is 29.5. The van der Waals surface area contributed by atoms with Crippen molar-refractivity contribution >= 4 is 40.4 Å². The summed E-state index contributed by atoms with van der Waals surface area (Å²) in [5.74, 6) is -1.81. The summed E-state index contributed by atoms with van der Waals surface area (Å²) in [6.07, 6.45) is 5.38. The summed E-state index contributed by atoms with van der Waals surface area (Å²) in [6.45, 7) is 6.19. The molecule has 1 aromatic carbocycles. The normalized spacial score (nSPS) is 24.5. The molecule has 5 atom stereocenters. The smallest absolute Gasteiger partial charge is 0.246 e. The van der Waals surface area contributed by atoms with Crippen LogP contribution in [-0.4, -0.2) is 76.7 Å². The third-order valence-corrected chi connectivity index (χ3v) is 8.27. The molecule has 0 aliphatic carbocycles. The molecule has 0 radical (unpaired) electrons. The van der Waals surface area contributed by atoms with Crippen molar-refractivity contribution in [3.05, 3.63) is 36.0 Å². The Morgan fingerprint density at radius 2 is 1.76 bits per heavy atom. The number of hydrogen-bond acceptors (Lipinski definition) is 5. The molecule has 0 saturated carbocycles. The summed E-state index contributed by atoms with van der Waals surface area (Å²) in [7, 11) is 0. The fourth-order valence-corrected chi connectivity index (χ4v) is 5.70. The van der Waals surface area contributed by atoms with E-state index >= 15 is 0 Å². The molecule has 11 heteroatoms. The average Bonchev–Trinajstić information content (AvgIpc) is 3.61. The number of nitrogens with zero attached hydrogens (tertiary/aromatic N) is 1. The zero-order valence-electron chi connectivity index (χ0n) is 24.1. The largest absolute Gasteiger partial charge is 0.361 e. The molecule has 4 rings (SSSR count). The molecule has 3 heterocycles. The lowest BCUT2D eigenvalue weighted by Gasteiger charge is -2.34. The van der Waals surface area contributed by atoms with Crippen LogP contribution in [0.1, 0.15) is 64.9 Å². The maximum atomic E-state index is 13.8. The van der Waals surface area contributed by atoms with Crippen LogP contribution in [-0.2, 0) is 30.4 Å². The van der Waals surface area contributed by atoms with Crippen molar-refractivity contribution in [2.75, 3.05) is 13.1 Å². The molecule has 5 N–H and O–H groups in total. The van der Waals surface area contributed by atoms with Gasteiger partial charge in [-0.05, 0) is 49.7 Å². The second-order valence-electron chi connectivity index (χ2n) is 11.2. The van der Waals surface area contributed by atoms with Crippen molar-refractivity contribution in [2.24, 2.45) is 5.92 Å². The first-order valence-corrected chi connectivity index (χ1v) is 14.7. The standard InChI is InChI=1S/C30H42N6O5/c1-4-18(2)26-30(41)36-15-9-13-25(36)29(40)33-23(12-7-8-14-31-19(3)37)27(38)34-24(28(39)35-26)16-20-17-32-22-11-6-5-10-21(20)22/h5-6,10-11,17-18,23-26,32H,4,7-9,12-16H2,1-3H3,(H,31,37)(H,33,40)(H,34,38)(H,35,39)/t18?,23-,24-,25+,26-/m0/s1.